The van der Waals surface area contributed by atoms with Crippen LogP contribution in [0.3, 0.4) is 0 Å². The first-order chi connectivity index (χ1) is 6.68. The van der Waals surface area contributed by atoms with Crippen LogP contribution in [0.25, 0.3) is 0 Å². The summed E-state index contributed by atoms with van der Waals surface area (Å²) in [4.78, 5) is 0. The average Bonchev–Trinajstić information content (AvgIpc) is 2.15. The number of benzene rings is 1. The van der Waals surface area contributed by atoms with E-state index >= 15 is 0 Å². The van der Waals surface area contributed by atoms with Crippen molar-refractivity contribution in [3.8, 4) is 0 Å². The van der Waals surface area contributed by atoms with Crippen molar-refractivity contribution in [3.05, 3.63) is 47.0 Å². The van der Waals surface area contributed by atoms with E-state index in [0.717, 1.165) is 24.5 Å². The molecule has 0 heterocycles. The predicted molar refractivity (Wildman–Crippen MR) is 62.8 cm³/mol. The van der Waals surface area contributed by atoms with Crippen LogP contribution in [-0.2, 0) is 6.42 Å². The largest absolute Gasteiger partial charge is 0.313 e. The number of nitrogens with one attached hydrogen (secondary N) is 1. The number of halogens is 1. The van der Waals surface area contributed by atoms with Gasteiger partial charge in [0.25, 0.3) is 0 Å². The summed E-state index contributed by atoms with van der Waals surface area (Å²) in [6.07, 6.45) is 1.03. The molecule has 0 aromatic heterocycles. The maximum Gasteiger partial charge on any atom is 0.0406 e. The molecule has 0 fully saturated rings. The Morgan fingerprint density at radius 2 is 2.00 bits per heavy atom. The van der Waals surface area contributed by atoms with Crippen molar-refractivity contribution in [2.45, 2.75) is 13.3 Å². The van der Waals surface area contributed by atoms with Gasteiger partial charge in [0, 0.05) is 11.6 Å². The number of hydrogen-bond acceptors (Lipinski definition) is 1. The van der Waals surface area contributed by atoms with Crippen molar-refractivity contribution in [1.29, 1.82) is 0 Å². The molecule has 1 rings (SSSR count). The third-order valence-electron chi connectivity index (χ3n) is 1.93. The van der Waals surface area contributed by atoms with E-state index in [-0.39, 0.29) is 0 Å². The summed E-state index contributed by atoms with van der Waals surface area (Å²) >= 11 is 5.79. The normalized spacial score (nSPS) is 10.1. The van der Waals surface area contributed by atoms with Gasteiger partial charge in [0.1, 0.15) is 0 Å². The second-order valence-corrected chi connectivity index (χ2v) is 3.95. The molecule has 0 amide bonds. The zero-order valence-electron chi connectivity index (χ0n) is 8.52. The molecule has 1 aromatic rings. The van der Waals surface area contributed by atoms with Gasteiger partial charge in [-0.15, -0.1) is 0 Å². The lowest BCUT2D eigenvalue weighted by Gasteiger charge is -2.04. The maximum absolute atomic E-state index is 5.79. The monoisotopic (exact) mass is 209 g/mol. The van der Waals surface area contributed by atoms with E-state index in [1.54, 1.807) is 0 Å². The highest BCUT2D eigenvalue weighted by Gasteiger charge is 1.93. The van der Waals surface area contributed by atoms with E-state index in [2.05, 4.69) is 24.0 Å². The van der Waals surface area contributed by atoms with Crippen molar-refractivity contribution in [1.82, 2.24) is 5.32 Å². The number of hydrogen-bond donors (Lipinski definition) is 1. The molecule has 1 nitrogen and oxygen atoms in total. The minimum absolute atomic E-state index is 0.795. The van der Waals surface area contributed by atoms with Crippen molar-refractivity contribution >= 4 is 11.6 Å². The fourth-order valence-electron chi connectivity index (χ4n) is 1.19. The molecule has 0 saturated carbocycles. The highest BCUT2D eigenvalue weighted by atomic mass is 35.5. The maximum atomic E-state index is 5.79. The average molecular weight is 210 g/mol. The van der Waals surface area contributed by atoms with E-state index in [1.807, 2.05) is 19.1 Å². The van der Waals surface area contributed by atoms with Gasteiger partial charge < -0.3 is 5.32 Å². The molecule has 0 aliphatic heterocycles. The van der Waals surface area contributed by atoms with Crippen molar-refractivity contribution < 1.29 is 0 Å². The zero-order valence-corrected chi connectivity index (χ0v) is 9.27. The summed E-state index contributed by atoms with van der Waals surface area (Å²) in [6, 6.07) is 7.97. The van der Waals surface area contributed by atoms with Crippen LogP contribution >= 0.6 is 11.6 Å². The topological polar surface area (TPSA) is 12.0 Å². The van der Waals surface area contributed by atoms with Gasteiger partial charge in [-0.25, -0.2) is 0 Å². The lowest BCUT2D eigenvalue weighted by molar-refractivity contribution is 0.729. The second-order valence-electron chi connectivity index (χ2n) is 3.51. The lowest BCUT2D eigenvalue weighted by Crippen LogP contribution is -2.18. The van der Waals surface area contributed by atoms with Gasteiger partial charge >= 0.3 is 0 Å². The van der Waals surface area contributed by atoms with Gasteiger partial charge in [0.15, 0.2) is 0 Å². The molecule has 0 aliphatic rings. The third-order valence-corrected chi connectivity index (χ3v) is 2.18. The molecule has 2 heteroatoms. The standard InChI is InChI=1S/C12H16ClN/c1-10(2)9-14-8-7-11-3-5-12(13)6-4-11/h3-6,14H,1,7-9H2,2H3. The molecular formula is C12H16ClN. The van der Waals surface area contributed by atoms with Crippen LogP contribution in [0, 0.1) is 0 Å². The minimum atomic E-state index is 0.795. The Kier molecular flexibility index (Phi) is 4.71. The van der Waals surface area contributed by atoms with Gasteiger partial charge in [-0.1, -0.05) is 35.9 Å². The summed E-state index contributed by atoms with van der Waals surface area (Å²) < 4.78 is 0. The van der Waals surface area contributed by atoms with Crippen LogP contribution in [-0.4, -0.2) is 13.1 Å². The molecule has 0 radical (unpaired) electrons. The summed E-state index contributed by atoms with van der Waals surface area (Å²) in [5, 5.41) is 4.11. The van der Waals surface area contributed by atoms with E-state index in [4.69, 9.17) is 11.6 Å². The smallest absolute Gasteiger partial charge is 0.0406 e. The highest BCUT2D eigenvalue weighted by Crippen LogP contribution is 2.09. The fraction of sp³-hybridized carbons (Fsp3) is 0.333. The van der Waals surface area contributed by atoms with Gasteiger partial charge in [-0.2, -0.15) is 0 Å². The van der Waals surface area contributed by atoms with E-state index in [1.165, 1.54) is 11.1 Å². The molecule has 0 bridgehead atoms. The summed E-state index contributed by atoms with van der Waals surface area (Å²) in [6.45, 7) is 7.73. The Balaban J connectivity index is 2.25. The molecule has 0 spiro atoms. The summed E-state index contributed by atoms with van der Waals surface area (Å²) in [7, 11) is 0. The first kappa shape index (κ1) is 11.3. The Hall–Kier alpha value is -0.790. The van der Waals surface area contributed by atoms with Crippen LogP contribution in [0.15, 0.2) is 36.4 Å². The fourth-order valence-corrected chi connectivity index (χ4v) is 1.31. The van der Waals surface area contributed by atoms with Crippen LogP contribution in [0.4, 0.5) is 0 Å². The molecule has 0 saturated heterocycles. The van der Waals surface area contributed by atoms with Crippen molar-refractivity contribution in [2.75, 3.05) is 13.1 Å². The Bertz CT molecular complexity index is 290. The van der Waals surface area contributed by atoms with Crippen LogP contribution in [0.2, 0.25) is 5.02 Å². The predicted octanol–water partition coefficient (Wildman–Crippen LogP) is 3.05. The molecular weight excluding hydrogens is 194 g/mol. The van der Waals surface area contributed by atoms with Crippen molar-refractivity contribution in [2.24, 2.45) is 0 Å². The molecule has 1 aromatic carbocycles. The zero-order chi connectivity index (χ0) is 10.4. The van der Waals surface area contributed by atoms with E-state index < -0.39 is 0 Å². The van der Waals surface area contributed by atoms with Gasteiger partial charge in [0.2, 0.25) is 0 Å². The molecule has 76 valence electrons. The molecule has 1 N–H and O–H groups in total. The van der Waals surface area contributed by atoms with Crippen LogP contribution < -0.4 is 5.32 Å². The minimum Gasteiger partial charge on any atom is -0.313 e. The van der Waals surface area contributed by atoms with Gasteiger partial charge in [0.05, 0.1) is 0 Å². The van der Waals surface area contributed by atoms with Gasteiger partial charge in [-0.05, 0) is 37.6 Å². The molecule has 0 unspecified atom stereocenters. The lowest BCUT2D eigenvalue weighted by atomic mass is 10.1. The van der Waals surface area contributed by atoms with Crippen LogP contribution in [0.5, 0.6) is 0 Å². The van der Waals surface area contributed by atoms with Crippen molar-refractivity contribution in [3.63, 3.8) is 0 Å². The Morgan fingerprint density at radius 1 is 1.36 bits per heavy atom. The highest BCUT2D eigenvalue weighted by molar-refractivity contribution is 6.30. The summed E-state index contributed by atoms with van der Waals surface area (Å²) in [5.74, 6) is 0. The summed E-state index contributed by atoms with van der Waals surface area (Å²) in [5.41, 5.74) is 2.48. The first-order valence-electron chi connectivity index (χ1n) is 4.78. The molecule has 0 atom stereocenters. The molecule has 0 aliphatic carbocycles. The second kappa shape index (κ2) is 5.84. The Morgan fingerprint density at radius 3 is 2.57 bits per heavy atom. The quantitative estimate of drug-likeness (QED) is 0.581. The van der Waals surface area contributed by atoms with Crippen LogP contribution in [0.1, 0.15) is 12.5 Å². The third kappa shape index (κ3) is 4.45. The molecule has 14 heavy (non-hydrogen) atoms. The van der Waals surface area contributed by atoms with E-state index in [0.29, 0.717) is 0 Å². The SMILES string of the molecule is C=C(C)CNCCc1ccc(Cl)cc1. The number of rotatable bonds is 5. The van der Waals surface area contributed by atoms with Gasteiger partial charge in [-0.3, -0.25) is 0 Å². The van der Waals surface area contributed by atoms with E-state index in [9.17, 15) is 0 Å². The first-order valence-corrected chi connectivity index (χ1v) is 5.16. The Labute approximate surface area is 90.8 Å².